The summed E-state index contributed by atoms with van der Waals surface area (Å²) < 4.78 is 4.01. The third-order valence-electron chi connectivity index (χ3n) is 0.109. The molecule has 0 N–H and O–H groups in total. The van der Waals surface area contributed by atoms with Crippen LogP contribution < -0.4 is 0 Å². The van der Waals surface area contributed by atoms with Crippen LogP contribution in [0.4, 0.5) is 0 Å². The fraction of sp³-hybridized carbons (Fsp3) is 1.00. The summed E-state index contributed by atoms with van der Waals surface area (Å²) in [5.41, 5.74) is 0. The second-order valence-corrected chi connectivity index (χ2v) is 0.616. The van der Waals surface area contributed by atoms with Gasteiger partial charge in [0, 0.05) is 0 Å². The molecule has 0 heterocycles. The molecule has 0 aromatic carbocycles. The topological polar surface area (TPSA) is 9.23 Å². The number of halogens is 1. The maximum absolute atomic E-state index is 4.69. The first-order valence-corrected chi connectivity index (χ1v) is 1.46. The van der Waals surface area contributed by atoms with Gasteiger partial charge in [-0.3, -0.25) is 4.29 Å². The molecule has 0 aliphatic rings. The highest BCUT2D eigenvalue weighted by Crippen LogP contribution is 1.71. The summed E-state index contributed by atoms with van der Waals surface area (Å²) in [6.45, 7) is 2.41. The van der Waals surface area contributed by atoms with Gasteiger partial charge in [-0.25, -0.2) is 0 Å². The van der Waals surface area contributed by atoms with Crippen LogP contribution in [0.3, 0.4) is 0 Å². The van der Waals surface area contributed by atoms with Gasteiger partial charge < -0.3 is 0 Å². The summed E-state index contributed by atoms with van der Waals surface area (Å²) in [7, 11) is 0. The summed E-state index contributed by atoms with van der Waals surface area (Å²) in [5, 5.41) is 0. The molecule has 0 aliphatic carbocycles. The normalized spacial score (nSPS) is 6.00. The van der Waals surface area contributed by atoms with Crippen molar-refractivity contribution >= 4 is 34.9 Å². The van der Waals surface area contributed by atoms with Crippen molar-refractivity contribution < 1.29 is 4.29 Å². The van der Waals surface area contributed by atoms with Gasteiger partial charge in [0.2, 0.25) is 0 Å². The van der Waals surface area contributed by atoms with Gasteiger partial charge in [-0.15, -0.1) is 0 Å². The van der Waals surface area contributed by atoms with E-state index in [1.807, 2.05) is 6.92 Å². The lowest BCUT2D eigenvalue weighted by Gasteiger charge is -1.70. The minimum atomic E-state index is 0. The zero-order valence-corrected chi connectivity index (χ0v) is 3.25. The van der Waals surface area contributed by atoms with Crippen LogP contribution in [0, 0.1) is 0 Å². The van der Waals surface area contributed by atoms with Crippen molar-refractivity contribution in [2.24, 2.45) is 0 Å². The van der Waals surface area contributed by atoms with Gasteiger partial charge >= 0.3 is 23.1 Å². The van der Waals surface area contributed by atoms with Crippen LogP contribution in [0.5, 0.6) is 0 Å². The third kappa shape index (κ3) is 11.2. The minimum absolute atomic E-state index is 0. The van der Waals surface area contributed by atoms with Crippen LogP contribution in [0.15, 0.2) is 0 Å². The van der Waals surface area contributed by atoms with E-state index < -0.39 is 0 Å². The second kappa shape index (κ2) is 8.89. The smallest absolute Gasteiger partial charge is 0.280 e. The van der Waals surface area contributed by atoms with E-state index in [2.05, 4.69) is 16.2 Å². The van der Waals surface area contributed by atoms with Crippen molar-refractivity contribution in [2.75, 3.05) is 6.61 Å². The van der Waals surface area contributed by atoms with Gasteiger partial charge in [-0.05, 0) is 6.92 Å². The van der Waals surface area contributed by atoms with E-state index in [9.17, 15) is 0 Å². The van der Waals surface area contributed by atoms with Crippen LogP contribution in [0.2, 0.25) is 0 Å². The van der Waals surface area contributed by atoms with Crippen molar-refractivity contribution in [3.63, 3.8) is 0 Å². The van der Waals surface area contributed by atoms with Gasteiger partial charge in [0.1, 0.15) is 0 Å². The first-order chi connectivity index (χ1) is 1.91. The Bertz CT molecular complexity index is 11.6. The van der Waals surface area contributed by atoms with Crippen molar-refractivity contribution in [1.29, 1.82) is 0 Å². The van der Waals surface area contributed by atoms with Gasteiger partial charge in [0.05, 0.1) is 18.5 Å². The molecule has 0 aliphatic heterocycles. The fourth-order valence-corrected chi connectivity index (χ4v) is 0. The average molecular weight is 107 g/mol. The van der Waals surface area contributed by atoms with Crippen molar-refractivity contribution in [1.82, 2.24) is 0 Å². The Balaban J connectivity index is 0. The molecule has 0 fully saturated rings. The Morgan fingerprint density at radius 2 is 2.00 bits per heavy atom. The summed E-state index contributed by atoms with van der Waals surface area (Å²) in [6, 6.07) is 0. The molecule has 1 nitrogen and oxygen atoms in total. The molecule has 0 saturated heterocycles. The second-order valence-electron chi connectivity index (χ2n) is 0.398. The summed E-state index contributed by atoms with van der Waals surface area (Å²) in [5.74, 6) is 0. The zero-order valence-electron chi connectivity index (χ0n) is 2.49. The lowest BCUT2D eigenvalue weighted by molar-refractivity contribution is 0.378. The molecular formula is C2H7ClMgO. The van der Waals surface area contributed by atoms with E-state index in [0.29, 0.717) is 6.61 Å². The molecule has 0 unspecified atom stereocenters. The molecule has 5 heavy (non-hydrogen) atoms. The van der Waals surface area contributed by atoms with Crippen LogP contribution in [-0.2, 0) is 4.29 Å². The Morgan fingerprint density at radius 1 is 1.80 bits per heavy atom. The highest BCUT2D eigenvalue weighted by molar-refractivity contribution is 6.07. The maximum atomic E-state index is 4.69. The van der Waals surface area contributed by atoms with Crippen LogP contribution in [-0.4, -0.2) is 29.7 Å². The molecule has 0 saturated carbocycles. The van der Waals surface area contributed by atoms with Crippen LogP contribution in [0.25, 0.3) is 0 Å². The fourth-order valence-electron chi connectivity index (χ4n) is 0. The van der Waals surface area contributed by atoms with E-state index in [1.54, 1.807) is 0 Å². The molecule has 0 atom stereocenters. The number of hydrogen-bond donors (Lipinski definition) is 0. The Hall–Kier alpha value is 1.02. The molecule has 0 radical (unpaired) electrons. The van der Waals surface area contributed by atoms with Gasteiger partial charge in [-0.1, -0.05) is 0 Å². The molecule has 0 rings (SSSR count). The minimum Gasteiger partial charge on any atom is -0.280 e. The van der Waals surface area contributed by atoms with E-state index in [0.717, 1.165) is 0 Å². The van der Waals surface area contributed by atoms with E-state index >= 15 is 0 Å². The average Bonchev–Trinajstić information content (AvgIpc) is 1.37. The summed E-state index contributed by atoms with van der Waals surface area (Å²) >= 11 is 4.69. The predicted octanol–water partition coefficient (Wildman–Crippen LogP) is 0.261. The van der Waals surface area contributed by atoms with Gasteiger partial charge in [-0.2, -0.15) is 0 Å². The SMILES string of the molecule is CCOCl.[MgH2]. The molecular weight excluding hydrogens is 99.8 g/mol. The maximum Gasteiger partial charge on any atom is 0.316 e. The van der Waals surface area contributed by atoms with E-state index in [-0.39, 0.29) is 23.1 Å². The third-order valence-corrected chi connectivity index (χ3v) is 0.327. The molecule has 0 bridgehead atoms. The molecule has 0 spiro atoms. The molecule has 0 aromatic rings. The number of rotatable bonds is 1. The molecule has 0 aromatic heterocycles. The van der Waals surface area contributed by atoms with Crippen LogP contribution >= 0.6 is 11.9 Å². The van der Waals surface area contributed by atoms with Crippen molar-refractivity contribution in [3.05, 3.63) is 0 Å². The van der Waals surface area contributed by atoms with E-state index in [1.165, 1.54) is 0 Å². The summed E-state index contributed by atoms with van der Waals surface area (Å²) in [4.78, 5) is 0. The number of hydrogen-bond acceptors (Lipinski definition) is 1. The Morgan fingerprint density at radius 3 is 2.00 bits per heavy atom. The lowest BCUT2D eigenvalue weighted by Crippen LogP contribution is -1.64. The van der Waals surface area contributed by atoms with Crippen molar-refractivity contribution in [3.8, 4) is 0 Å². The first-order valence-electron chi connectivity index (χ1n) is 1.15. The lowest BCUT2D eigenvalue weighted by atomic mass is 10.9. The summed E-state index contributed by atoms with van der Waals surface area (Å²) in [6.07, 6.45) is 0. The molecule has 3 heteroatoms. The van der Waals surface area contributed by atoms with Crippen molar-refractivity contribution in [2.45, 2.75) is 6.92 Å². The zero-order chi connectivity index (χ0) is 3.41. The predicted molar refractivity (Wildman–Crippen MR) is 26.0 cm³/mol. The molecule has 0 amide bonds. The highest BCUT2D eigenvalue weighted by Gasteiger charge is 1.55. The first kappa shape index (κ1) is 9.39. The highest BCUT2D eigenvalue weighted by atomic mass is 35.5. The quantitative estimate of drug-likeness (QED) is 0.436. The van der Waals surface area contributed by atoms with E-state index in [4.69, 9.17) is 0 Å². The molecule has 30 valence electrons. The van der Waals surface area contributed by atoms with Gasteiger partial charge in [0.25, 0.3) is 0 Å². The Kier molecular flexibility index (Phi) is 16.7. The standard InChI is InChI=1S/C2H5ClO.Mg.2H/c1-2-4-3;;;/h2H2,1H3;;;. The Labute approximate surface area is 53.0 Å². The van der Waals surface area contributed by atoms with Gasteiger partial charge in [0.15, 0.2) is 0 Å². The monoisotopic (exact) mass is 106 g/mol. The largest absolute Gasteiger partial charge is 0.316 e. The van der Waals surface area contributed by atoms with Crippen LogP contribution in [0.1, 0.15) is 6.92 Å².